The van der Waals surface area contributed by atoms with Crippen molar-refractivity contribution in [3.63, 3.8) is 0 Å². The molecule has 1 aliphatic rings. The zero-order valence-electron chi connectivity index (χ0n) is 22.2. The predicted molar refractivity (Wildman–Crippen MR) is 152 cm³/mol. The van der Waals surface area contributed by atoms with Crippen LogP contribution in [0, 0.1) is 0 Å². The fourth-order valence-corrected chi connectivity index (χ4v) is 6.41. The Morgan fingerprint density at radius 2 is 1.82 bits per heavy atom. The van der Waals surface area contributed by atoms with Crippen LogP contribution in [-0.2, 0) is 16.0 Å². The van der Waals surface area contributed by atoms with Crippen LogP contribution in [-0.4, -0.2) is 67.3 Å². The molecular weight excluding hydrogens is 516 g/mol. The van der Waals surface area contributed by atoms with Gasteiger partial charge < -0.3 is 19.1 Å². The molecule has 0 spiro atoms. The van der Waals surface area contributed by atoms with Gasteiger partial charge in [0.1, 0.15) is 16.9 Å². The third-order valence-electron chi connectivity index (χ3n) is 7.03. The van der Waals surface area contributed by atoms with Crippen LogP contribution in [0.2, 0.25) is 0 Å². The van der Waals surface area contributed by atoms with Crippen molar-refractivity contribution >= 4 is 44.0 Å². The van der Waals surface area contributed by atoms with E-state index in [-0.39, 0.29) is 42.2 Å². The van der Waals surface area contributed by atoms with Gasteiger partial charge in [0, 0.05) is 31.2 Å². The van der Waals surface area contributed by atoms with Crippen molar-refractivity contribution in [2.24, 2.45) is 0 Å². The SMILES string of the molecule is CCOCCOc1c(C(=O)N2CCCC2COC)sc2c1c(=O)n(CC(=O)c1ccccc1)c1ccccc21. The number of hydrogen-bond donors (Lipinski definition) is 0. The van der Waals surface area contributed by atoms with Crippen molar-refractivity contribution in [3.05, 3.63) is 75.4 Å². The third kappa shape index (κ3) is 5.34. The molecule has 1 aliphatic heterocycles. The van der Waals surface area contributed by atoms with Crippen LogP contribution >= 0.6 is 11.3 Å². The molecule has 39 heavy (non-hydrogen) atoms. The number of Topliss-reactive ketones (excluding diaryl/α,β-unsaturated/α-hetero) is 1. The Hall–Kier alpha value is -3.53. The molecule has 1 unspecified atom stereocenters. The molecule has 0 aliphatic carbocycles. The molecule has 0 bridgehead atoms. The number of ketones is 1. The fraction of sp³-hybridized carbons (Fsp3) is 0.367. The van der Waals surface area contributed by atoms with Gasteiger partial charge in [0.15, 0.2) is 11.5 Å². The number of pyridine rings is 1. The summed E-state index contributed by atoms with van der Waals surface area (Å²) in [6.45, 7) is 3.89. The number of carbonyl (C=O) groups excluding carboxylic acids is 2. The topological polar surface area (TPSA) is 87.1 Å². The standard InChI is InChI=1S/C30H32N2O6S/c1-3-37-16-17-38-26-25-27(39-28(26)30(35)31-15-9-12-21(31)19-36-2)22-13-7-8-14-23(22)32(29(25)34)18-24(33)20-10-5-4-6-11-20/h4-8,10-11,13-14,21H,3,9,12,15-19H2,1-2H3. The van der Waals surface area contributed by atoms with Gasteiger partial charge in [-0.3, -0.25) is 19.0 Å². The van der Waals surface area contributed by atoms with Gasteiger partial charge >= 0.3 is 0 Å². The van der Waals surface area contributed by atoms with Gasteiger partial charge in [-0.1, -0.05) is 48.5 Å². The summed E-state index contributed by atoms with van der Waals surface area (Å²) in [6, 6.07) is 16.4. The minimum absolute atomic E-state index is 0.0270. The lowest BCUT2D eigenvalue weighted by atomic mass is 10.1. The second-order valence-corrected chi connectivity index (χ2v) is 10.5. The minimum atomic E-state index is -0.357. The number of carbonyl (C=O) groups is 2. The van der Waals surface area contributed by atoms with Crippen molar-refractivity contribution in [1.29, 1.82) is 0 Å². The lowest BCUT2D eigenvalue weighted by Gasteiger charge is -2.24. The second kappa shape index (κ2) is 12.1. The maximum absolute atomic E-state index is 14.1. The van der Waals surface area contributed by atoms with Crippen LogP contribution < -0.4 is 10.3 Å². The highest BCUT2D eigenvalue weighted by atomic mass is 32.1. The van der Waals surface area contributed by atoms with Crippen LogP contribution in [0.4, 0.5) is 0 Å². The van der Waals surface area contributed by atoms with Crippen molar-refractivity contribution in [2.45, 2.75) is 32.4 Å². The number of benzene rings is 2. The Morgan fingerprint density at radius 3 is 2.59 bits per heavy atom. The van der Waals surface area contributed by atoms with Crippen molar-refractivity contribution < 1.29 is 23.8 Å². The van der Waals surface area contributed by atoms with E-state index in [4.69, 9.17) is 14.2 Å². The number of likely N-dealkylation sites (tertiary alicyclic amines) is 1. The lowest BCUT2D eigenvalue weighted by Crippen LogP contribution is -2.38. The molecule has 5 rings (SSSR count). The average Bonchev–Trinajstić information content (AvgIpc) is 3.59. The number of rotatable bonds is 11. The Labute approximate surface area is 230 Å². The van der Waals surface area contributed by atoms with E-state index < -0.39 is 0 Å². The maximum Gasteiger partial charge on any atom is 0.268 e. The van der Waals surface area contributed by atoms with Crippen LogP contribution in [0.5, 0.6) is 5.75 Å². The van der Waals surface area contributed by atoms with Gasteiger partial charge in [0.05, 0.1) is 36.0 Å². The first-order chi connectivity index (χ1) is 19.0. The largest absolute Gasteiger partial charge is 0.489 e. The number of amides is 1. The van der Waals surface area contributed by atoms with Gasteiger partial charge in [-0.25, -0.2) is 0 Å². The van der Waals surface area contributed by atoms with Crippen LogP contribution in [0.1, 0.15) is 39.8 Å². The van der Waals surface area contributed by atoms with E-state index in [0.717, 1.165) is 18.2 Å². The Balaban J connectivity index is 1.67. The molecule has 1 atom stereocenters. The molecule has 3 heterocycles. The summed E-state index contributed by atoms with van der Waals surface area (Å²) in [5, 5.41) is 1.11. The molecule has 4 aromatic rings. The van der Waals surface area contributed by atoms with Crippen molar-refractivity contribution in [3.8, 4) is 5.75 Å². The molecule has 0 N–H and O–H groups in total. The highest BCUT2D eigenvalue weighted by Crippen LogP contribution is 2.41. The van der Waals surface area contributed by atoms with Gasteiger partial charge in [-0.05, 0) is 25.8 Å². The Morgan fingerprint density at radius 1 is 1.05 bits per heavy atom. The van der Waals surface area contributed by atoms with E-state index in [0.29, 0.717) is 52.4 Å². The van der Waals surface area contributed by atoms with E-state index >= 15 is 0 Å². The second-order valence-electron chi connectivity index (χ2n) is 9.46. The first-order valence-corrected chi connectivity index (χ1v) is 14.0. The molecule has 0 saturated carbocycles. The van der Waals surface area contributed by atoms with E-state index in [1.165, 1.54) is 15.9 Å². The van der Waals surface area contributed by atoms with E-state index in [9.17, 15) is 14.4 Å². The summed E-state index contributed by atoms with van der Waals surface area (Å²) < 4.78 is 19.1. The summed E-state index contributed by atoms with van der Waals surface area (Å²) in [6.07, 6.45) is 1.75. The first-order valence-electron chi connectivity index (χ1n) is 13.2. The first kappa shape index (κ1) is 27.1. The molecule has 2 aromatic heterocycles. The molecular formula is C30H32N2O6S. The summed E-state index contributed by atoms with van der Waals surface area (Å²) >= 11 is 1.27. The predicted octanol–water partition coefficient (Wildman–Crippen LogP) is 4.77. The van der Waals surface area contributed by atoms with Crippen LogP contribution in [0.3, 0.4) is 0 Å². The van der Waals surface area contributed by atoms with Gasteiger partial charge in [0.2, 0.25) is 0 Å². The van der Waals surface area contributed by atoms with Crippen LogP contribution in [0.25, 0.3) is 21.0 Å². The molecule has 204 valence electrons. The average molecular weight is 549 g/mol. The Bertz CT molecular complexity index is 1540. The normalized spacial score (nSPS) is 15.3. The number of nitrogens with zero attached hydrogens (tertiary/aromatic N) is 2. The number of para-hydroxylation sites is 1. The zero-order chi connectivity index (χ0) is 27.4. The molecule has 1 fully saturated rings. The van der Waals surface area contributed by atoms with E-state index in [2.05, 4.69) is 0 Å². The Kier molecular flexibility index (Phi) is 8.40. The molecule has 0 radical (unpaired) electrons. The van der Waals surface area contributed by atoms with E-state index in [1.807, 2.05) is 42.2 Å². The summed E-state index contributed by atoms with van der Waals surface area (Å²) in [7, 11) is 1.63. The van der Waals surface area contributed by atoms with Crippen molar-refractivity contribution in [2.75, 3.05) is 40.1 Å². The van der Waals surface area contributed by atoms with E-state index in [1.54, 1.807) is 31.4 Å². The maximum atomic E-state index is 14.1. The molecule has 8 nitrogen and oxygen atoms in total. The smallest absolute Gasteiger partial charge is 0.268 e. The minimum Gasteiger partial charge on any atom is -0.489 e. The quantitative estimate of drug-likeness (QED) is 0.198. The number of fused-ring (bicyclic) bond motifs is 3. The fourth-order valence-electron chi connectivity index (χ4n) is 5.19. The molecule has 2 aromatic carbocycles. The molecule has 1 saturated heterocycles. The van der Waals surface area contributed by atoms with Gasteiger partial charge in [0.25, 0.3) is 11.5 Å². The summed E-state index contributed by atoms with van der Waals surface area (Å²) in [5.74, 6) is -0.0796. The number of thiophene rings is 1. The monoisotopic (exact) mass is 548 g/mol. The summed E-state index contributed by atoms with van der Waals surface area (Å²) in [5.41, 5.74) is 0.810. The summed E-state index contributed by atoms with van der Waals surface area (Å²) in [4.78, 5) is 43.4. The number of aromatic nitrogens is 1. The lowest BCUT2D eigenvalue weighted by molar-refractivity contribution is 0.0628. The number of methoxy groups -OCH3 is 1. The van der Waals surface area contributed by atoms with Crippen LogP contribution in [0.15, 0.2) is 59.4 Å². The highest BCUT2D eigenvalue weighted by Gasteiger charge is 2.34. The zero-order valence-corrected chi connectivity index (χ0v) is 23.0. The van der Waals surface area contributed by atoms with Crippen molar-refractivity contribution in [1.82, 2.24) is 9.47 Å². The number of ether oxygens (including phenoxy) is 3. The third-order valence-corrected chi connectivity index (χ3v) is 8.22. The molecule has 9 heteroatoms. The molecule has 1 amide bonds. The van der Waals surface area contributed by atoms with Gasteiger partial charge in [-0.15, -0.1) is 11.3 Å². The van der Waals surface area contributed by atoms with Gasteiger partial charge in [-0.2, -0.15) is 0 Å². The highest BCUT2D eigenvalue weighted by molar-refractivity contribution is 7.22. The number of hydrogen-bond acceptors (Lipinski definition) is 7.